The fourth-order valence-electron chi connectivity index (χ4n) is 1.96. The van der Waals surface area contributed by atoms with Crippen LogP contribution in [0.5, 0.6) is 5.75 Å². The monoisotopic (exact) mass is 335 g/mol. The molecule has 0 radical (unpaired) electrons. The lowest BCUT2D eigenvalue weighted by molar-refractivity contribution is -0.385. The van der Waals surface area contributed by atoms with Crippen molar-refractivity contribution in [1.29, 1.82) is 0 Å². The Balaban J connectivity index is 2.35. The number of carbonyl (C=O) groups is 1. The highest BCUT2D eigenvalue weighted by Gasteiger charge is 2.21. The van der Waals surface area contributed by atoms with Gasteiger partial charge in [-0.2, -0.15) is 0 Å². The molecule has 0 amide bonds. The molecule has 5 nitrogen and oxygen atoms in total. The number of hydrogen-bond acceptors (Lipinski definition) is 4. The molecule has 7 heteroatoms. The third-order valence-corrected chi connectivity index (χ3v) is 3.36. The lowest BCUT2D eigenvalue weighted by Crippen LogP contribution is -1.99. The summed E-state index contributed by atoms with van der Waals surface area (Å²) in [6.45, 7) is 1.58. The van der Waals surface area contributed by atoms with Crippen LogP contribution in [0.3, 0.4) is 0 Å². The summed E-state index contributed by atoms with van der Waals surface area (Å²) in [4.78, 5) is 22.2. The van der Waals surface area contributed by atoms with E-state index in [4.69, 9.17) is 11.6 Å². The van der Waals surface area contributed by atoms with E-state index in [0.29, 0.717) is 11.1 Å². The second kappa shape index (κ2) is 6.58. The topological polar surface area (TPSA) is 80.4 Å². The molecule has 0 aromatic heterocycles. The van der Waals surface area contributed by atoms with Crippen LogP contribution in [0.2, 0.25) is 5.02 Å². The van der Waals surface area contributed by atoms with Gasteiger partial charge in [0.2, 0.25) is 5.75 Å². The van der Waals surface area contributed by atoms with E-state index in [1.165, 1.54) is 30.3 Å². The molecule has 0 atom stereocenters. The molecule has 2 rings (SSSR count). The number of carbonyl (C=O) groups excluding carboxylic acids is 1. The molecule has 0 aliphatic rings. The van der Waals surface area contributed by atoms with E-state index in [0.717, 1.165) is 12.1 Å². The predicted octanol–water partition coefficient (Wildman–Crippen LogP) is 4.30. The number of ketones is 1. The fourth-order valence-corrected chi connectivity index (χ4v) is 2.15. The Kier molecular flexibility index (Phi) is 4.76. The number of nitrogens with zero attached hydrogens (tertiary/aromatic N) is 1. The van der Waals surface area contributed by atoms with E-state index in [-0.39, 0.29) is 10.6 Å². The van der Waals surface area contributed by atoms with Crippen molar-refractivity contribution in [2.45, 2.75) is 6.92 Å². The largest absolute Gasteiger partial charge is 0.502 e. The molecule has 0 aliphatic heterocycles. The van der Waals surface area contributed by atoms with Crippen LogP contribution in [0, 0.1) is 22.9 Å². The number of aromatic hydroxyl groups is 1. The van der Waals surface area contributed by atoms with Gasteiger partial charge in [0.25, 0.3) is 0 Å². The zero-order valence-corrected chi connectivity index (χ0v) is 12.7. The summed E-state index contributed by atoms with van der Waals surface area (Å²) in [5.74, 6) is -1.88. The normalized spacial score (nSPS) is 10.9. The summed E-state index contributed by atoms with van der Waals surface area (Å²) in [5.41, 5.74) is 0.232. The van der Waals surface area contributed by atoms with Crippen LogP contribution in [0.4, 0.5) is 10.1 Å². The summed E-state index contributed by atoms with van der Waals surface area (Å²) in [7, 11) is 0. The van der Waals surface area contributed by atoms with Gasteiger partial charge in [-0.3, -0.25) is 14.9 Å². The van der Waals surface area contributed by atoms with E-state index in [1.54, 1.807) is 6.92 Å². The second-order valence-corrected chi connectivity index (χ2v) is 5.22. The van der Waals surface area contributed by atoms with Gasteiger partial charge < -0.3 is 5.11 Å². The first-order valence-corrected chi connectivity index (χ1v) is 6.83. The highest BCUT2D eigenvalue weighted by molar-refractivity contribution is 6.30. The highest BCUT2D eigenvalue weighted by Crippen LogP contribution is 2.31. The Morgan fingerprint density at radius 1 is 1.35 bits per heavy atom. The Hall–Kier alpha value is -2.73. The van der Waals surface area contributed by atoms with Crippen LogP contribution in [-0.4, -0.2) is 15.8 Å². The summed E-state index contributed by atoms with van der Waals surface area (Å²) in [6.07, 6.45) is 2.50. The summed E-state index contributed by atoms with van der Waals surface area (Å²) in [6, 6.07) is 6.44. The zero-order chi connectivity index (χ0) is 17.1. The van der Waals surface area contributed by atoms with E-state index in [9.17, 15) is 24.4 Å². The molecule has 1 N–H and O–H groups in total. The summed E-state index contributed by atoms with van der Waals surface area (Å²) < 4.78 is 13.1. The van der Waals surface area contributed by atoms with Gasteiger partial charge >= 0.3 is 5.69 Å². The third-order valence-electron chi connectivity index (χ3n) is 3.07. The number of halogens is 2. The zero-order valence-electron chi connectivity index (χ0n) is 11.9. The van der Waals surface area contributed by atoms with E-state index in [1.807, 2.05) is 0 Å². The molecular weight excluding hydrogens is 325 g/mol. The molecule has 0 fully saturated rings. The van der Waals surface area contributed by atoms with Crippen molar-refractivity contribution in [2.75, 3.05) is 0 Å². The average Bonchev–Trinajstić information content (AvgIpc) is 2.49. The van der Waals surface area contributed by atoms with Gasteiger partial charge in [0.05, 0.1) is 15.5 Å². The third kappa shape index (κ3) is 3.73. The number of aryl methyl sites for hydroxylation is 1. The van der Waals surface area contributed by atoms with Crippen molar-refractivity contribution < 1.29 is 19.2 Å². The first-order valence-electron chi connectivity index (χ1n) is 6.45. The van der Waals surface area contributed by atoms with Crippen molar-refractivity contribution >= 4 is 29.1 Å². The molecule has 0 saturated carbocycles. The van der Waals surface area contributed by atoms with E-state index in [2.05, 4.69) is 0 Å². The van der Waals surface area contributed by atoms with Crippen molar-refractivity contribution in [1.82, 2.24) is 0 Å². The number of hydrogen-bond donors (Lipinski definition) is 1. The molecule has 2 aromatic carbocycles. The molecule has 0 aliphatic carbocycles. The minimum Gasteiger partial charge on any atom is -0.502 e. The van der Waals surface area contributed by atoms with Crippen LogP contribution < -0.4 is 0 Å². The van der Waals surface area contributed by atoms with Crippen LogP contribution in [0.1, 0.15) is 21.5 Å². The van der Waals surface area contributed by atoms with Gasteiger partial charge in [-0.25, -0.2) is 4.39 Å². The molecule has 0 saturated heterocycles. The number of benzene rings is 2. The quantitative estimate of drug-likeness (QED) is 0.391. The number of rotatable bonds is 4. The van der Waals surface area contributed by atoms with Crippen LogP contribution in [0.15, 0.2) is 36.4 Å². The number of phenols is 1. The van der Waals surface area contributed by atoms with Gasteiger partial charge in [0.1, 0.15) is 5.82 Å². The lowest BCUT2D eigenvalue weighted by atomic mass is 10.0. The fraction of sp³-hybridized carbons (Fsp3) is 0.0625. The molecule has 0 unspecified atom stereocenters. The number of nitro groups is 1. The summed E-state index contributed by atoms with van der Waals surface area (Å²) in [5, 5.41) is 20.6. The van der Waals surface area contributed by atoms with Gasteiger partial charge in [0, 0.05) is 6.07 Å². The minimum atomic E-state index is -0.761. The Bertz CT molecular complexity index is 833. The van der Waals surface area contributed by atoms with Crippen molar-refractivity contribution in [3.05, 3.63) is 74.1 Å². The highest BCUT2D eigenvalue weighted by atomic mass is 35.5. The van der Waals surface area contributed by atoms with E-state index < -0.39 is 28.0 Å². The Morgan fingerprint density at radius 2 is 2.04 bits per heavy atom. The maximum Gasteiger partial charge on any atom is 0.311 e. The standard InChI is InChI=1S/C16H11ClFNO4/c1-9-6-11(16(21)14(7-9)19(22)23)15(20)5-3-10-2-4-13(18)12(17)8-10/h2-8,21H,1H3/b5-3+. The number of nitro benzene ring substituents is 1. The molecule has 118 valence electrons. The first kappa shape index (κ1) is 16.6. The van der Waals surface area contributed by atoms with Crippen molar-refractivity contribution in [2.24, 2.45) is 0 Å². The Labute approximate surface area is 135 Å². The maximum absolute atomic E-state index is 13.1. The SMILES string of the molecule is Cc1cc(C(=O)/C=C/c2ccc(F)c(Cl)c2)c(O)c([N+](=O)[O-])c1. The van der Waals surface area contributed by atoms with E-state index >= 15 is 0 Å². The van der Waals surface area contributed by atoms with Crippen molar-refractivity contribution in [3.8, 4) is 5.75 Å². The molecule has 0 heterocycles. The van der Waals surface area contributed by atoms with Gasteiger partial charge in [-0.1, -0.05) is 23.7 Å². The molecule has 23 heavy (non-hydrogen) atoms. The number of allylic oxidation sites excluding steroid dienone is 1. The van der Waals surface area contributed by atoms with Crippen molar-refractivity contribution in [3.63, 3.8) is 0 Å². The smallest absolute Gasteiger partial charge is 0.311 e. The maximum atomic E-state index is 13.1. The lowest BCUT2D eigenvalue weighted by Gasteiger charge is -2.04. The molecule has 0 bridgehead atoms. The van der Waals surface area contributed by atoms with Crippen LogP contribution in [0.25, 0.3) is 6.08 Å². The average molecular weight is 336 g/mol. The van der Waals surface area contributed by atoms with Crippen LogP contribution >= 0.6 is 11.6 Å². The molecule has 2 aromatic rings. The second-order valence-electron chi connectivity index (χ2n) is 4.81. The van der Waals surface area contributed by atoms with Gasteiger partial charge in [-0.05, 0) is 42.3 Å². The van der Waals surface area contributed by atoms with Crippen LogP contribution in [-0.2, 0) is 0 Å². The Morgan fingerprint density at radius 3 is 2.65 bits per heavy atom. The summed E-state index contributed by atoms with van der Waals surface area (Å²) >= 11 is 5.64. The van der Waals surface area contributed by atoms with Gasteiger partial charge in [0.15, 0.2) is 5.78 Å². The first-order chi connectivity index (χ1) is 10.8. The predicted molar refractivity (Wildman–Crippen MR) is 84.3 cm³/mol. The number of phenolic OH excluding ortho intramolecular Hbond substituents is 1. The molecular formula is C16H11ClFNO4. The molecule has 0 spiro atoms. The van der Waals surface area contributed by atoms with Gasteiger partial charge in [-0.15, -0.1) is 0 Å². The minimum absolute atomic E-state index is 0.0892.